The molecule has 0 aliphatic rings. The lowest BCUT2D eigenvalue weighted by Gasteiger charge is -2.17. The van der Waals surface area contributed by atoms with Crippen LogP contribution >= 0.6 is 47.2 Å². The quantitative estimate of drug-likeness (QED) is 0.214. The average Bonchev–Trinajstić information content (AvgIpc) is 2.80. The van der Waals surface area contributed by atoms with Crippen LogP contribution in [0.4, 0.5) is 17.1 Å². The Bertz CT molecular complexity index is 1140. The molecule has 0 saturated carbocycles. The number of para-hydroxylation sites is 2. The normalized spacial score (nSPS) is 11.4. The van der Waals surface area contributed by atoms with Crippen molar-refractivity contribution in [2.24, 2.45) is 0 Å². The van der Waals surface area contributed by atoms with Crippen molar-refractivity contribution in [1.82, 2.24) is 0 Å². The average molecular weight is 521 g/mol. The van der Waals surface area contributed by atoms with Crippen molar-refractivity contribution < 1.29 is 9.53 Å². The van der Waals surface area contributed by atoms with Gasteiger partial charge in [-0.25, -0.2) is 0 Å². The molecule has 3 aromatic carbocycles. The summed E-state index contributed by atoms with van der Waals surface area (Å²) in [6, 6.07) is 20.2. The summed E-state index contributed by atoms with van der Waals surface area (Å²) in [5, 5.41) is 10.3. The molecule has 0 bridgehead atoms. The van der Waals surface area contributed by atoms with Crippen LogP contribution < -0.4 is 20.7 Å². The van der Waals surface area contributed by atoms with E-state index in [1.54, 1.807) is 25.3 Å². The molecule has 33 heavy (non-hydrogen) atoms. The number of anilines is 3. The molecule has 0 fully saturated rings. The Morgan fingerprint density at radius 1 is 1.00 bits per heavy atom. The predicted octanol–water partition coefficient (Wildman–Crippen LogP) is 7.32. The zero-order valence-corrected chi connectivity index (χ0v) is 21.2. The number of thioether (sulfide) groups is 1. The molecule has 0 radical (unpaired) electrons. The Morgan fingerprint density at radius 3 is 2.55 bits per heavy atom. The Kier molecular flexibility index (Phi) is 9.26. The van der Waals surface area contributed by atoms with Crippen LogP contribution in [0.25, 0.3) is 0 Å². The second kappa shape index (κ2) is 12.1. The van der Waals surface area contributed by atoms with E-state index in [0.717, 1.165) is 16.3 Å². The van der Waals surface area contributed by atoms with Crippen LogP contribution in [0.2, 0.25) is 10.0 Å². The van der Waals surface area contributed by atoms with Gasteiger partial charge in [0, 0.05) is 15.6 Å². The SMILES string of the molecule is CCC(Sc1cccc(NC(=S)Nc2ccccc2OC)c1)C(=O)Nc1cc(Cl)ccc1Cl. The summed E-state index contributed by atoms with van der Waals surface area (Å²) in [6.07, 6.45) is 0.639. The number of rotatable bonds is 8. The van der Waals surface area contributed by atoms with Gasteiger partial charge in [0.1, 0.15) is 5.75 Å². The van der Waals surface area contributed by atoms with Crippen molar-refractivity contribution in [3.8, 4) is 5.75 Å². The topological polar surface area (TPSA) is 62.4 Å². The number of carbonyl (C=O) groups excluding carboxylic acids is 1. The van der Waals surface area contributed by atoms with E-state index < -0.39 is 0 Å². The van der Waals surface area contributed by atoms with Crippen molar-refractivity contribution in [2.75, 3.05) is 23.1 Å². The minimum Gasteiger partial charge on any atom is -0.495 e. The number of methoxy groups -OCH3 is 1. The molecule has 3 rings (SSSR count). The Labute approximate surface area is 213 Å². The zero-order valence-electron chi connectivity index (χ0n) is 18.0. The summed E-state index contributed by atoms with van der Waals surface area (Å²) in [6.45, 7) is 1.96. The molecule has 0 aliphatic carbocycles. The molecule has 0 aliphatic heterocycles. The molecule has 172 valence electrons. The number of hydrogen-bond donors (Lipinski definition) is 3. The van der Waals surface area contributed by atoms with Crippen LogP contribution in [-0.4, -0.2) is 23.4 Å². The number of hydrogen-bond acceptors (Lipinski definition) is 4. The molecule has 0 heterocycles. The third kappa shape index (κ3) is 7.27. The van der Waals surface area contributed by atoms with Crippen LogP contribution in [-0.2, 0) is 4.79 Å². The van der Waals surface area contributed by atoms with E-state index in [1.165, 1.54) is 11.8 Å². The van der Waals surface area contributed by atoms with Gasteiger partial charge in [0.2, 0.25) is 5.91 Å². The summed E-state index contributed by atoms with van der Waals surface area (Å²) in [7, 11) is 1.61. The van der Waals surface area contributed by atoms with E-state index in [4.69, 9.17) is 40.2 Å². The van der Waals surface area contributed by atoms with Gasteiger partial charge >= 0.3 is 0 Å². The fraction of sp³-hybridized carbons (Fsp3) is 0.167. The number of amides is 1. The van der Waals surface area contributed by atoms with E-state index in [1.807, 2.05) is 55.5 Å². The van der Waals surface area contributed by atoms with Gasteiger partial charge in [-0.05, 0) is 67.2 Å². The molecule has 3 aromatic rings. The van der Waals surface area contributed by atoms with Gasteiger partial charge in [0.15, 0.2) is 5.11 Å². The molecule has 1 amide bonds. The molecule has 5 nitrogen and oxygen atoms in total. The molecular formula is C24H23Cl2N3O2S2. The molecule has 1 unspecified atom stereocenters. The number of nitrogens with one attached hydrogen (secondary N) is 3. The molecule has 3 N–H and O–H groups in total. The molecule has 1 atom stereocenters. The highest BCUT2D eigenvalue weighted by molar-refractivity contribution is 8.00. The molecular weight excluding hydrogens is 497 g/mol. The maximum Gasteiger partial charge on any atom is 0.237 e. The first kappa shape index (κ1) is 25.2. The van der Waals surface area contributed by atoms with Crippen LogP contribution in [0.1, 0.15) is 13.3 Å². The second-order valence-electron chi connectivity index (χ2n) is 6.94. The first-order chi connectivity index (χ1) is 15.9. The predicted molar refractivity (Wildman–Crippen MR) is 144 cm³/mol. The van der Waals surface area contributed by atoms with Gasteiger partial charge in [-0.15, -0.1) is 11.8 Å². The highest BCUT2D eigenvalue weighted by Crippen LogP contribution is 2.31. The number of benzene rings is 3. The lowest BCUT2D eigenvalue weighted by atomic mass is 10.2. The number of carbonyl (C=O) groups is 1. The number of thiocarbonyl (C=S) groups is 1. The van der Waals surface area contributed by atoms with E-state index in [9.17, 15) is 4.79 Å². The van der Waals surface area contributed by atoms with Crippen molar-refractivity contribution in [3.05, 3.63) is 76.8 Å². The number of ether oxygens (including phenoxy) is 1. The molecule has 9 heteroatoms. The number of halogens is 2. The van der Waals surface area contributed by atoms with Crippen LogP contribution in [0, 0.1) is 0 Å². The summed E-state index contributed by atoms with van der Waals surface area (Å²) >= 11 is 19.1. The Morgan fingerprint density at radius 2 is 1.79 bits per heavy atom. The zero-order chi connectivity index (χ0) is 23.8. The van der Waals surface area contributed by atoms with Gasteiger partial charge < -0.3 is 20.7 Å². The van der Waals surface area contributed by atoms with Crippen LogP contribution in [0.5, 0.6) is 5.75 Å². The second-order valence-corrected chi connectivity index (χ2v) is 9.46. The van der Waals surface area contributed by atoms with Gasteiger partial charge in [-0.1, -0.05) is 48.3 Å². The summed E-state index contributed by atoms with van der Waals surface area (Å²) in [5.74, 6) is 0.556. The van der Waals surface area contributed by atoms with E-state index >= 15 is 0 Å². The Balaban J connectivity index is 1.64. The van der Waals surface area contributed by atoms with Crippen LogP contribution in [0.15, 0.2) is 71.6 Å². The van der Waals surface area contributed by atoms with E-state index in [-0.39, 0.29) is 11.2 Å². The Hall–Kier alpha value is -2.45. The van der Waals surface area contributed by atoms with E-state index in [2.05, 4.69) is 16.0 Å². The van der Waals surface area contributed by atoms with Gasteiger partial charge in [-0.2, -0.15) is 0 Å². The first-order valence-corrected chi connectivity index (χ1v) is 12.2. The van der Waals surface area contributed by atoms with Crippen molar-refractivity contribution >= 4 is 75.3 Å². The standard InChI is InChI=1S/C24H23Cl2N3O2S2/c1-3-22(23(30)28-20-13-15(25)11-12-18(20)26)33-17-8-6-7-16(14-17)27-24(32)29-19-9-4-5-10-21(19)31-2/h4-14,22H,3H2,1-2H3,(H,28,30)(H2,27,29,32). The summed E-state index contributed by atoms with van der Waals surface area (Å²) in [4.78, 5) is 13.8. The van der Waals surface area contributed by atoms with Gasteiger partial charge in [0.25, 0.3) is 0 Å². The van der Waals surface area contributed by atoms with Crippen molar-refractivity contribution in [2.45, 2.75) is 23.5 Å². The fourth-order valence-electron chi connectivity index (χ4n) is 2.97. The smallest absolute Gasteiger partial charge is 0.237 e. The molecule has 0 spiro atoms. The third-order valence-corrected chi connectivity index (χ3v) is 6.70. The summed E-state index contributed by atoms with van der Waals surface area (Å²) < 4.78 is 5.34. The van der Waals surface area contributed by atoms with Gasteiger partial charge in [0.05, 0.1) is 28.8 Å². The maximum atomic E-state index is 12.8. The largest absolute Gasteiger partial charge is 0.495 e. The summed E-state index contributed by atoms with van der Waals surface area (Å²) in [5.41, 5.74) is 2.07. The first-order valence-electron chi connectivity index (χ1n) is 10.1. The van der Waals surface area contributed by atoms with Crippen molar-refractivity contribution in [3.63, 3.8) is 0 Å². The molecule has 0 saturated heterocycles. The van der Waals surface area contributed by atoms with E-state index in [0.29, 0.717) is 33.0 Å². The monoisotopic (exact) mass is 519 g/mol. The fourth-order valence-corrected chi connectivity index (χ4v) is 4.55. The lowest BCUT2D eigenvalue weighted by molar-refractivity contribution is -0.115. The highest BCUT2D eigenvalue weighted by atomic mass is 35.5. The van der Waals surface area contributed by atoms with Gasteiger partial charge in [-0.3, -0.25) is 4.79 Å². The van der Waals surface area contributed by atoms with Crippen LogP contribution in [0.3, 0.4) is 0 Å². The third-order valence-electron chi connectivity index (χ3n) is 4.57. The lowest BCUT2D eigenvalue weighted by Crippen LogP contribution is -2.24. The maximum absolute atomic E-state index is 12.8. The van der Waals surface area contributed by atoms with Crippen molar-refractivity contribution in [1.29, 1.82) is 0 Å². The highest BCUT2D eigenvalue weighted by Gasteiger charge is 2.19. The molecule has 0 aromatic heterocycles. The minimum absolute atomic E-state index is 0.140. The minimum atomic E-state index is -0.311.